The van der Waals surface area contributed by atoms with Gasteiger partial charge in [-0.05, 0) is 25.7 Å². The molecule has 7 nitrogen and oxygen atoms in total. The number of rotatable bonds is 4. The number of aliphatic carboxylic acids is 1. The molecule has 1 saturated heterocycles. The maximum absolute atomic E-state index is 12.4. The van der Waals surface area contributed by atoms with Gasteiger partial charge in [-0.25, -0.2) is 13.2 Å². The monoisotopic (exact) mass is 304 g/mol. The van der Waals surface area contributed by atoms with Gasteiger partial charge in [-0.15, -0.1) is 0 Å². The van der Waals surface area contributed by atoms with E-state index in [0.717, 1.165) is 12.8 Å². The molecule has 2 fully saturated rings. The van der Waals surface area contributed by atoms with Crippen LogP contribution >= 0.6 is 0 Å². The van der Waals surface area contributed by atoms with Gasteiger partial charge in [0.1, 0.15) is 6.54 Å². The summed E-state index contributed by atoms with van der Waals surface area (Å²) in [5, 5.41) is 8.91. The molecule has 0 radical (unpaired) electrons. The Labute approximate surface area is 118 Å². The molecule has 0 aromatic rings. The summed E-state index contributed by atoms with van der Waals surface area (Å²) in [7, 11) is -3.09. The molecular weight excluding hydrogens is 284 g/mol. The van der Waals surface area contributed by atoms with Crippen LogP contribution in [0.4, 0.5) is 4.79 Å². The SMILES string of the molecule is CC1CS(=O)(=O)CCN1C(=O)N(CC(=O)O)CC1CC1. The number of carbonyl (C=O) groups excluding carboxylic acids is 1. The smallest absolute Gasteiger partial charge is 0.323 e. The number of urea groups is 1. The highest BCUT2D eigenvalue weighted by atomic mass is 32.2. The molecule has 2 rings (SSSR count). The Balaban J connectivity index is 2.04. The predicted octanol–water partition coefficient (Wildman–Crippen LogP) is 0.0219. The topological polar surface area (TPSA) is 95.0 Å². The number of hydrogen-bond acceptors (Lipinski definition) is 4. The van der Waals surface area contributed by atoms with Crippen molar-refractivity contribution in [2.24, 2.45) is 5.92 Å². The minimum absolute atomic E-state index is 0.0482. The van der Waals surface area contributed by atoms with Crippen molar-refractivity contribution in [3.8, 4) is 0 Å². The first-order valence-corrected chi connectivity index (χ1v) is 8.58. The van der Waals surface area contributed by atoms with E-state index in [2.05, 4.69) is 0 Å². The van der Waals surface area contributed by atoms with Crippen LogP contribution in [0.3, 0.4) is 0 Å². The van der Waals surface area contributed by atoms with Crippen LogP contribution in [0.15, 0.2) is 0 Å². The van der Waals surface area contributed by atoms with Gasteiger partial charge in [0.05, 0.1) is 11.5 Å². The van der Waals surface area contributed by atoms with E-state index in [1.54, 1.807) is 6.92 Å². The first-order chi connectivity index (χ1) is 9.28. The van der Waals surface area contributed by atoms with E-state index in [9.17, 15) is 18.0 Å². The molecule has 1 aliphatic carbocycles. The summed E-state index contributed by atoms with van der Waals surface area (Å²) in [6, 6.07) is -0.765. The van der Waals surface area contributed by atoms with Crippen LogP contribution in [0.25, 0.3) is 0 Å². The van der Waals surface area contributed by atoms with Crippen LogP contribution in [0.1, 0.15) is 19.8 Å². The molecular formula is C12H20N2O5S. The van der Waals surface area contributed by atoms with Crippen molar-refractivity contribution >= 4 is 21.8 Å². The fourth-order valence-electron chi connectivity index (χ4n) is 2.45. The number of amides is 2. The van der Waals surface area contributed by atoms with Crippen LogP contribution < -0.4 is 0 Å². The Kier molecular flexibility index (Phi) is 4.22. The lowest BCUT2D eigenvalue weighted by Crippen LogP contribution is -2.55. The zero-order valence-corrected chi connectivity index (χ0v) is 12.3. The van der Waals surface area contributed by atoms with E-state index >= 15 is 0 Å². The fraction of sp³-hybridized carbons (Fsp3) is 0.833. The highest BCUT2D eigenvalue weighted by Gasteiger charge is 2.36. The van der Waals surface area contributed by atoms with Crippen LogP contribution in [0, 0.1) is 5.92 Å². The molecule has 2 aliphatic rings. The Morgan fingerprint density at radius 3 is 2.50 bits per heavy atom. The van der Waals surface area contributed by atoms with Crippen molar-refractivity contribution in [1.29, 1.82) is 0 Å². The molecule has 0 aromatic carbocycles. The van der Waals surface area contributed by atoms with Crippen molar-refractivity contribution in [2.75, 3.05) is 31.1 Å². The molecule has 1 atom stereocenters. The number of carbonyl (C=O) groups is 2. The molecule has 0 bridgehead atoms. The second kappa shape index (κ2) is 5.59. The largest absolute Gasteiger partial charge is 0.480 e. The number of sulfone groups is 1. The van der Waals surface area contributed by atoms with E-state index in [-0.39, 0.29) is 30.6 Å². The quantitative estimate of drug-likeness (QED) is 0.790. The van der Waals surface area contributed by atoms with Crippen molar-refractivity contribution in [1.82, 2.24) is 9.80 Å². The summed E-state index contributed by atoms with van der Waals surface area (Å²) >= 11 is 0. The first kappa shape index (κ1) is 15.1. The van der Waals surface area contributed by atoms with Gasteiger partial charge in [-0.2, -0.15) is 0 Å². The zero-order chi connectivity index (χ0) is 14.9. The summed E-state index contributed by atoms with van der Waals surface area (Å²) in [5.74, 6) is -0.755. The summed E-state index contributed by atoms with van der Waals surface area (Å²) in [5.41, 5.74) is 0. The lowest BCUT2D eigenvalue weighted by atomic mass is 10.3. The number of carboxylic acid groups (broad SMARTS) is 1. The average Bonchev–Trinajstić information content (AvgIpc) is 3.09. The van der Waals surface area contributed by atoms with Crippen LogP contribution in [-0.2, 0) is 14.6 Å². The number of nitrogens with zero attached hydrogens (tertiary/aromatic N) is 2. The van der Waals surface area contributed by atoms with E-state index < -0.39 is 21.8 Å². The van der Waals surface area contributed by atoms with Gasteiger partial charge < -0.3 is 14.9 Å². The standard InChI is InChI=1S/C12H20N2O5S/c1-9-8-20(18,19)5-4-14(9)12(17)13(7-11(15)16)6-10-2-3-10/h9-10H,2-8H2,1H3,(H,15,16). The van der Waals surface area contributed by atoms with E-state index in [4.69, 9.17) is 5.11 Å². The molecule has 1 aliphatic heterocycles. The fourth-order valence-corrected chi connectivity index (χ4v) is 4.01. The first-order valence-electron chi connectivity index (χ1n) is 6.76. The predicted molar refractivity (Wildman–Crippen MR) is 72.2 cm³/mol. The lowest BCUT2D eigenvalue weighted by molar-refractivity contribution is -0.137. The van der Waals surface area contributed by atoms with Gasteiger partial charge in [0.15, 0.2) is 9.84 Å². The second-order valence-corrected chi connectivity index (χ2v) is 7.89. The lowest BCUT2D eigenvalue weighted by Gasteiger charge is -2.36. The van der Waals surface area contributed by atoms with Gasteiger partial charge in [0.25, 0.3) is 0 Å². The Morgan fingerprint density at radius 1 is 1.35 bits per heavy atom. The molecule has 20 heavy (non-hydrogen) atoms. The zero-order valence-electron chi connectivity index (χ0n) is 11.5. The normalized spacial score (nSPS) is 25.2. The molecule has 8 heteroatoms. The molecule has 1 unspecified atom stereocenters. The number of carboxylic acids is 1. The third-order valence-electron chi connectivity index (χ3n) is 3.69. The highest BCUT2D eigenvalue weighted by Crippen LogP contribution is 2.30. The van der Waals surface area contributed by atoms with E-state index in [1.165, 1.54) is 9.80 Å². The number of hydrogen-bond donors (Lipinski definition) is 1. The molecule has 0 spiro atoms. The van der Waals surface area contributed by atoms with Gasteiger partial charge in [0.2, 0.25) is 0 Å². The molecule has 0 aromatic heterocycles. The Bertz CT molecular complexity index is 500. The van der Waals surface area contributed by atoms with Gasteiger partial charge in [-0.3, -0.25) is 4.79 Å². The molecule has 2 amide bonds. The summed E-state index contributed by atoms with van der Waals surface area (Å²) in [6.45, 7) is 1.94. The minimum atomic E-state index is -3.09. The maximum atomic E-state index is 12.4. The molecule has 1 saturated carbocycles. The van der Waals surface area contributed by atoms with Crippen LogP contribution in [-0.4, -0.2) is 72.5 Å². The molecule has 1 N–H and O–H groups in total. The van der Waals surface area contributed by atoms with E-state index in [0.29, 0.717) is 12.5 Å². The highest BCUT2D eigenvalue weighted by molar-refractivity contribution is 7.91. The van der Waals surface area contributed by atoms with E-state index in [1.807, 2.05) is 0 Å². The third-order valence-corrected chi connectivity index (χ3v) is 5.48. The maximum Gasteiger partial charge on any atom is 0.323 e. The average molecular weight is 304 g/mol. The Morgan fingerprint density at radius 2 is 2.00 bits per heavy atom. The summed E-state index contributed by atoms with van der Waals surface area (Å²) in [6.07, 6.45) is 2.04. The minimum Gasteiger partial charge on any atom is -0.480 e. The third kappa shape index (κ3) is 3.84. The van der Waals surface area contributed by atoms with Gasteiger partial charge in [0, 0.05) is 19.1 Å². The second-order valence-electron chi connectivity index (χ2n) is 5.66. The van der Waals surface area contributed by atoms with Crippen LogP contribution in [0.5, 0.6) is 0 Å². The molecule has 1 heterocycles. The molecule has 114 valence electrons. The Hall–Kier alpha value is -1.31. The summed E-state index contributed by atoms with van der Waals surface area (Å²) in [4.78, 5) is 26.1. The van der Waals surface area contributed by atoms with Crippen molar-refractivity contribution in [3.05, 3.63) is 0 Å². The van der Waals surface area contributed by atoms with Crippen molar-refractivity contribution < 1.29 is 23.1 Å². The van der Waals surface area contributed by atoms with Crippen molar-refractivity contribution in [2.45, 2.75) is 25.8 Å². The van der Waals surface area contributed by atoms with Crippen LogP contribution in [0.2, 0.25) is 0 Å². The van der Waals surface area contributed by atoms with Crippen molar-refractivity contribution in [3.63, 3.8) is 0 Å². The van der Waals surface area contributed by atoms with Gasteiger partial charge in [-0.1, -0.05) is 0 Å². The summed E-state index contributed by atoms with van der Waals surface area (Å²) < 4.78 is 23.0. The van der Waals surface area contributed by atoms with Gasteiger partial charge >= 0.3 is 12.0 Å².